The van der Waals surface area contributed by atoms with E-state index in [4.69, 9.17) is 4.42 Å². The fraction of sp³-hybridized carbons (Fsp3) is 0.263. The molecule has 4 heterocycles. The second kappa shape index (κ2) is 5.54. The summed E-state index contributed by atoms with van der Waals surface area (Å²) < 4.78 is 6.90. The first kappa shape index (κ1) is 15.8. The molecule has 1 aromatic carbocycles. The van der Waals surface area contributed by atoms with Crippen molar-refractivity contribution in [3.63, 3.8) is 0 Å². The molecule has 1 saturated heterocycles. The van der Waals surface area contributed by atoms with E-state index in [0.717, 1.165) is 16.8 Å². The Labute approximate surface area is 154 Å². The van der Waals surface area contributed by atoms with Crippen LogP contribution in [0.1, 0.15) is 34.1 Å². The van der Waals surface area contributed by atoms with Crippen LogP contribution >= 0.6 is 0 Å². The molecule has 8 nitrogen and oxygen atoms in total. The van der Waals surface area contributed by atoms with E-state index in [-0.39, 0.29) is 17.6 Å². The van der Waals surface area contributed by atoms with Gasteiger partial charge in [0.15, 0.2) is 6.39 Å². The summed E-state index contributed by atoms with van der Waals surface area (Å²) in [6, 6.07) is 7.18. The predicted molar refractivity (Wildman–Crippen MR) is 94.9 cm³/mol. The lowest BCUT2D eigenvalue weighted by Gasteiger charge is -2.33. The molecule has 0 saturated carbocycles. The largest absolute Gasteiger partial charge is 0.438 e. The number of carbonyl (C=O) groups excluding carboxylic acids is 2. The minimum atomic E-state index is -0.852. The number of oxazole rings is 1. The summed E-state index contributed by atoms with van der Waals surface area (Å²) in [5.74, 6) is -0.214. The SMILES string of the molecule is Cn1cc(C2N(C(=O)c3cnco3)CCC23C(=O)Nc2ccccc23)cn1. The number of nitrogens with zero attached hydrogens (tertiary/aromatic N) is 4. The smallest absolute Gasteiger partial charge is 0.291 e. The minimum Gasteiger partial charge on any atom is -0.438 e. The van der Waals surface area contributed by atoms with Crippen molar-refractivity contribution in [2.75, 3.05) is 11.9 Å². The van der Waals surface area contributed by atoms with Crippen molar-refractivity contribution in [1.82, 2.24) is 19.7 Å². The van der Waals surface area contributed by atoms with Crippen LogP contribution in [0.25, 0.3) is 0 Å². The number of aryl methyl sites for hydroxylation is 1. The van der Waals surface area contributed by atoms with E-state index >= 15 is 0 Å². The molecule has 1 spiro atoms. The topological polar surface area (TPSA) is 93.3 Å². The van der Waals surface area contributed by atoms with Gasteiger partial charge in [-0.1, -0.05) is 18.2 Å². The Morgan fingerprint density at radius 2 is 2.19 bits per heavy atom. The first-order chi connectivity index (χ1) is 13.1. The van der Waals surface area contributed by atoms with E-state index in [1.54, 1.807) is 15.8 Å². The normalized spacial score (nSPS) is 23.7. The summed E-state index contributed by atoms with van der Waals surface area (Å²) in [6.07, 6.45) is 6.72. The van der Waals surface area contributed by atoms with Crippen LogP contribution in [-0.4, -0.2) is 38.0 Å². The Balaban J connectivity index is 1.68. The lowest BCUT2D eigenvalue weighted by atomic mass is 9.73. The molecule has 2 aromatic heterocycles. The van der Waals surface area contributed by atoms with Gasteiger partial charge in [-0.3, -0.25) is 14.3 Å². The van der Waals surface area contributed by atoms with Crippen molar-refractivity contribution in [3.05, 3.63) is 66.1 Å². The Morgan fingerprint density at radius 1 is 1.33 bits per heavy atom. The molecule has 136 valence electrons. The molecule has 0 radical (unpaired) electrons. The number of nitrogens with one attached hydrogen (secondary N) is 1. The Bertz CT molecular complexity index is 1040. The first-order valence-corrected chi connectivity index (χ1v) is 8.70. The maximum atomic E-state index is 13.2. The molecule has 3 aromatic rings. The van der Waals surface area contributed by atoms with Crippen LogP contribution < -0.4 is 5.32 Å². The van der Waals surface area contributed by atoms with Crippen LogP contribution in [0.2, 0.25) is 0 Å². The fourth-order valence-corrected chi connectivity index (χ4v) is 4.41. The van der Waals surface area contributed by atoms with E-state index in [1.807, 2.05) is 37.5 Å². The number of anilines is 1. The number of fused-ring (bicyclic) bond motifs is 2. The number of para-hydroxylation sites is 1. The van der Waals surface area contributed by atoms with Crippen molar-refractivity contribution in [1.29, 1.82) is 0 Å². The third-order valence-corrected chi connectivity index (χ3v) is 5.53. The average Bonchev–Trinajstić information content (AvgIpc) is 3.44. The zero-order chi connectivity index (χ0) is 18.6. The average molecular weight is 363 g/mol. The van der Waals surface area contributed by atoms with Gasteiger partial charge < -0.3 is 14.6 Å². The van der Waals surface area contributed by atoms with Gasteiger partial charge in [0.1, 0.15) is 5.41 Å². The highest BCUT2D eigenvalue weighted by Gasteiger charge is 2.59. The van der Waals surface area contributed by atoms with Crippen molar-refractivity contribution in [2.24, 2.45) is 7.05 Å². The van der Waals surface area contributed by atoms with E-state index in [9.17, 15) is 9.59 Å². The van der Waals surface area contributed by atoms with Gasteiger partial charge >= 0.3 is 0 Å². The summed E-state index contributed by atoms with van der Waals surface area (Å²) in [5.41, 5.74) is 1.67. The van der Waals surface area contributed by atoms with Crippen LogP contribution in [0.4, 0.5) is 5.69 Å². The van der Waals surface area contributed by atoms with Crippen molar-refractivity contribution in [2.45, 2.75) is 17.9 Å². The number of aromatic nitrogens is 3. The molecule has 2 aliphatic rings. The highest BCUT2D eigenvalue weighted by molar-refractivity contribution is 6.08. The zero-order valence-corrected chi connectivity index (χ0v) is 14.6. The van der Waals surface area contributed by atoms with Gasteiger partial charge in [-0.25, -0.2) is 4.98 Å². The van der Waals surface area contributed by atoms with Crippen LogP contribution in [0.3, 0.4) is 0 Å². The molecule has 2 atom stereocenters. The van der Waals surface area contributed by atoms with Crippen molar-refractivity contribution >= 4 is 17.5 Å². The molecule has 1 N–H and O–H groups in total. The molecule has 1 fully saturated rings. The molecule has 0 bridgehead atoms. The second-order valence-corrected chi connectivity index (χ2v) is 6.94. The van der Waals surface area contributed by atoms with Gasteiger partial charge in [-0.15, -0.1) is 0 Å². The number of hydrogen-bond acceptors (Lipinski definition) is 5. The summed E-state index contributed by atoms with van der Waals surface area (Å²) in [4.78, 5) is 31.8. The van der Waals surface area contributed by atoms with E-state index in [0.29, 0.717) is 13.0 Å². The standard InChI is InChI=1S/C19H17N5O3/c1-23-10-12(8-21-23)16-19(13-4-2-3-5-14(13)22-18(19)26)6-7-24(16)17(25)15-9-20-11-27-15/h2-5,8-11,16H,6-7H2,1H3,(H,22,26). The van der Waals surface area contributed by atoms with Gasteiger partial charge in [0.05, 0.1) is 18.4 Å². The highest BCUT2D eigenvalue weighted by atomic mass is 16.3. The van der Waals surface area contributed by atoms with Crippen molar-refractivity contribution < 1.29 is 14.0 Å². The van der Waals surface area contributed by atoms with Crippen LogP contribution in [0.5, 0.6) is 0 Å². The summed E-state index contributed by atoms with van der Waals surface area (Å²) in [6.45, 7) is 0.431. The molecule has 0 aliphatic carbocycles. The van der Waals surface area contributed by atoms with Gasteiger partial charge in [0.2, 0.25) is 11.7 Å². The second-order valence-electron chi connectivity index (χ2n) is 6.94. The van der Waals surface area contributed by atoms with Gasteiger partial charge in [0.25, 0.3) is 5.91 Å². The molecule has 27 heavy (non-hydrogen) atoms. The van der Waals surface area contributed by atoms with E-state index in [1.165, 1.54) is 12.6 Å². The summed E-state index contributed by atoms with van der Waals surface area (Å²) in [5, 5.41) is 7.26. The van der Waals surface area contributed by atoms with E-state index in [2.05, 4.69) is 15.4 Å². The van der Waals surface area contributed by atoms with Gasteiger partial charge in [-0.2, -0.15) is 5.10 Å². The molecule has 2 unspecified atom stereocenters. The quantitative estimate of drug-likeness (QED) is 0.750. The van der Waals surface area contributed by atoms with Crippen LogP contribution in [0, 0.1) is 0 Å². The molecule has 2 amide bonds. The highest BCUT2D eigenvalue weighted by Crippen LogP contribution is 2.54. The lowest BCUT2D eigenvalue weighted by Crippen LogP contribution is -2.42. The fourth-order valence-electron chi connectivity index (χ4n) is 4.41. The Morgan fingerprint density at radius 3 is 2.93 bits per heavy atom. The van der Waals surface area contributed by atoms with Crippen molar-refractivity contribution in [3.8, 4) is 0 Å². The van der Waals surface area contributed by atoms with E-state index < -0.39 is 11.5 Å². The predicted octanol–water partition coefficient (Wildman–Crippen LogP) is 1.89. The number of amides is 2. The molecule has 2 aliphatic heterocycles. The number of benzene rings is 1. The number of rotatable bonds is 2. The number of likely N-dealkylation sites (tertiary alicyclic amines) is 1. The summed E-state index contributed by atoms with van der Waals surface area (Å²) >= 11 is 0. The Hall–Kier alpha value is -3.42. The molecular formula is C19H17N5O3. The maximum absolute atomic E-state index is 13.2. The monoisotopic (exact) mass is 363 g/mol. The van der Waals surface area contributed by atoms with Gasteiger partial charge in [0, 0.05) is 31.0 Å². The molecule has 8 heteroatoms. The molecule has 5 rings (SSSR count). The zero-order valence-electron chi connectivity index (χ0n) is 14.6. The summed E-state index contributed by atoms with van der Waals surface area (Å²) in [7, 11) is 1.82. The lowest BCUT2D eigenvalue weighted by molar-refractivity contribution is -0.121. The number of hydrogen-bond donors (Lipinski definition) is 1. The van der Waals surface area contributed by atoms with Crippen LogP contribution in [0.15, 0.2) is 53.7 Å². The first-order valence-electron chi connectivity index (χ1n) is 8.70. The van der Waals surface area contributed by atoms with Gasteiger partial charge in [-0.05, 0) is 18.1 Å². The van der Waals surface area contributed by atoms with Crippen LogP contribution in [-0.2, 0) is 17.3 Å². The third kappa shape index (κ3) is 2.09. The third-order valence-electron chi connectivity index (χ3n) is 5.53. The molecular weight excluding hydrogens is 346 g/mol. The Kier molecular flexibility index (Phi) is 3.24. The maximum Gasteiger partial charge on any atom is 0.291 e. The number of carbonyl (C=O) groups is 2. The minimum absolute atomic E-state index is 0.0922.